The quantitative estimate of drug-likeness (QED) is 0.713. The van der Waals surface area contributed by atoms with Crippen LogP contribution in [0.1, 0.15) is 43.2 Å². The largest absolute Gasteiger partial charge is 0.327 e. The summed E-state index contributed by atoms with van der Waals surface area (Å²) in [5.41, 5.74) is 8.40. The van der Waals surface area contributed by atoms with Gasteiger partial charge in [-0.1, -0.05) is 25.0 Å². The molecule has 1 spiro atoms. The molecule has 3 rings (SSSR count). The zero-order valence-corrected chi connectivity index (χ0v) is 9.51. The van der Waals surface area contributed by atoms with Crippen molar-refractivity contribution >= 4 is 0 Å². The van der Waals surface area contributed by atoms with Gasteiger partial charge in [-0.3, -0.25) is 0 Å². The van der Waals surface area contributed by atoms with Crippen molar-refractivity contribution in [2.24, 2.45) is 5.73 Å². The molecule has 2 aliphatic carbocycles. The molecule has 2 heteroatoms. The first-order valence-electron chi connectivity index (χ1n) is 6.27. The second-order valence-corrected chi connectivity index (χ2v) is 5.28. The Morgan fingerprint density at radius 3 is 2.75 bits per heavy atom. The molecule has 86 valence electrons. The van der Waals surface area contributed by atoms with Crippen LogP contribution in [0.5, 0.6) is 0 Å². The molecule has 1 aromatic rings. The van der Waals surface area contributed by atoms with E-state index in [1.165, 1.54) is 18.4 Å². The topological polar surface area (TPSA) is 26.0 Å². The smallest absolute Gasteiger partial charge is 0.127 e. The van der Waals surface area contributed by atoms with Crippen LogP contribution in [0.4, 0.5) is 4.39 Å². The van der Waals surface area contributed by atoms with Crippen molar-refractivity contribution in [2.45, 2.75) is 50.0 Å². The Labute approximate surface area is 95.8 Å². The van der Waals surface area contributed by atoms with Crippen molar-refractivity contribution in [3.8, 4) is 0 Å². The normalized spacial score (nSPS) is 27.0. The summed E-state index contributed by atoms with van der Waals surface area (Å²) in [5, 5.41) is 0. The molecule has 0 aliphatic heterocycles. The van der Waals surface area contributed by atoms with Crippen LogP contribution < -0.4 is 5.73 Å². The summed E-state index contributed by atoms with van der Waals surface area (Å²) in [5.74, 6) is -0.0328. The van der Waals surface area contributed by atoms with Crippen LogP contribution in [0.3, 0.4) is 0 Å². The van der Waals surface area contributed by atoms with Gasteiger partial charge in [0.25, 0.3) is 0 Å². The molecule has 1 saturated carbocycles. The van der Waals surface area contributed by atoms with Crippen LogP contribution in [0, 0.1) is 5.82 Å². The number of rotatable bonds is 0. The third-order valence-electron chi connectivity index (χ3n) is 4.53. The molecule has 2 N–H and O–H groups in total. The molecule has 0 bridgehead atoms. The van der Waals surface area contributed by atoms with Crippen LogP contribution in [0.25, 0.3) is 0 Å². The van der Waals surface area contributed by atoms with Crippen molar-refractivity contribution in [1.29, 1.82) is 0 Å². The Bertz CT molecular complexity index is 407. The molecule has 1 fully saturated rings. The maximum absolute atomic E-state index is 14.1. The first-order valence-corrected chi connectivity index (χ1v) is 6.27. The van der Waals surface area contributed by atoms with Crippen molar-refractivity contribution in [3.05, 3.63) is 35.1 Å². The van der Waals surface area contributed by atoms with E-state index in [2.05, 4.69) is 6.07 Å². The number of hydrogen-bond donors (Lipinski definition) is 1. The molecular formula is C14H18FN. The van der Waals surface area contributed by atoms with Gasteiger partial charge < -0.3 is 5.73 Å². The highest BCUT2D eigenvalue weighted by molar-refractivity contribution is 5.40. The summed E-state index contributed by atoms with van der Waals surface area (Å²) in [6.45, 7) is 0. The average Bonchev–Trinajstić information content (AvgIpc) is 2.74. The molecule has 0 saturated heterocycles. The highest BCUT2D eigenvalue weighted by Gasteiger charge is 2.45. The van der Waals surface area contributed by atoms with E-state index in [0.717, 1.165) is 31.2 Å². The van der Waals surface area contributed by atoms with Gasteiger partial charge in [-0.05, 0) is 42.9 Å². The molecule has 2 aliphatic rings. The predicted octanol–water partition coefficient (Wildman–Crippen LogP) is 2.91. The van der Waals surface area contributed by atoms with Crippen molar-refractivity contribution in [3.63, 3.8) is 0 Å². The summed E-state index contributed by atoms with van der Waals surface area (Å²) < 4.78 is 14.1. The average molecular weight is 219 g/mol. The van der Waals surface area contributed by atoms with Crippen LogP contribution in [0.15, 0.2) is 18.2 Å². The molecule has 1 nitrogen and oxygen atoms in total. The Kier molecular flexibility index (Phi) is 2.28. The van der Waals surface area contributed by atoms with Gasteiger partial charge in [-0.15, -0.1) is 0 Å². The lowest BCUT2D eigenvalue weighted by Gasteiger charge is -2.41. The Hall–Kier alpha value is -0.890. The number of benzene rings is 1. The van der Waals surface area contributed by atoms with E-state index in [1.54, 1.807) is 6.07 Å². The fourth-order valence-corrected chi connectivity index (χ4v) is 3.73. The molecular weight excluding hydrogens is 201 g/mol. The van der Waals surface area contributed by atoms with Crippen molar-refractivity contribution in [1.82, 2.24) is 0 Å². The second-order valence-electron chi connectivity index (χ2n) is 5.28. The lowest BCUT2D eigenvalue weighted by Crippen LogP contribution is -2.47. The molecule has 1 atom stereocenters. The highest BCUT2D eigenvalue weighted by Crippen LogP contribution is 2.48. The second kappa shape index (κ2) is 3.56. The summed E-state index contributed by atoms with van der Waals surface area (Å²) in [4.78, 5) is 0. The zero-order chi connectivity index (χ0) is 11.2. The first-order chi connectivity index (χ1) is 7.74. The van der Waals surface area contributed by atoms with Gasteiger partial charge >= 0.3 is 0 Å². The minimum absolute atomic E-state index is 0.0328. The van der Waals surface area contributed by atoms with E-state index in [9.17, 15) is 4.39 Å². The van der Waals surface area contributed by atoms with Crippen LogP contribution in [0.2, 0.25) is 0 Å². The van der Waals surface area contributed by atoms with Crippen LogP contribution in [-0.4, -0.2) is 6.04 Å². The van der Waals surface area contributed by atoms with Gasteiger partial charge in [0, 0.05) is 11.5 Å². The minimum atomic E-state index is -0.0427. The summed E-state index contributed by atoms with van der Waals surface area (Å²) >= 11 is 0. The number of nitrogens with two attached hydrogens (primary N) is 1. The third-order valence-corrected chi connectivity index (χ3v) is 4.53. The number of halogens is 1. The molecule has 0 aromatic heterocycles. The van der Waals surface area contributed by atoms with E-state index in [4.69, 9.17) is 5.73 Å². The Balaban J connectivity index is 2.19. The van der Waals surface area contributed by atoms with Crippen LogP contribution >= 0.6 is 0 Å². The van der Waals surface area contributed by atoms with E-state index in [1.807, 2.05) is 6.07 Å². The summed E-state index contributed by atoms with van der Waals surface area (Å²) in [6.07, 6.45) is 6.49. The van der Waals surface area contributed by atoms with E-state index >= 15 is 0 Å². The van der Waals surface area contributed by atoms with Crippen molar-refractivity contribution in [2.75, 3.05) is 0 Å². The first kappa shape index (κ1) is 10.3. The van der Waals surface area contributed by atoms with E-state index < -0.39 is 0 Å². The number of aryl methyl sites for hydroxylation is 1. The van der Waals surface area contributed by atoms with Gasteiger partial charge in [-0.2, -0.15) is 0 Å². The van der Waals surface area contributed by atoms with Crippen LogP contribution in [-0.2, 0) is 11.8 Å². The molecule has 1 unspecified atom stereocenters. The summed E-state index contributed by atoms with van der Waals surface area (Å²) in [7, 11) is 0. The molecule has 0 amide bonds. The number of fused-ring (bicyclic) bond motifs is 2. The SMILES string of the molecule is NC1CCc2cccc(F)c2C12CCCC2. The lowest BCUT2D eigenvalue weighted by molar-refractivity contribution is 0.301. The van der Waals surface area contributed by atoms with E-state index in [0.29, 0.717) is 0 Å². The summed E-state index contributed by atoms with van der Waals surface area (Å²) in [6, 6.07) is 5.65. The van der Waals surface area contributed by atoms with Gasteiger partial charge in [0.15, 0.2) is 0 Å². The maximum Gasteiger partial charge on any atom is 0.127 e. The fraction of sp³-hybridized carbons (Fsp3) is 0.571. The minimum Gasteiger partial charge on any atom is -0.327 e. The van der Waals surface area contributed by atoms with Crippen molar-refractivity contribution < 1.29 is 4.39 Å². The van der Waals surface area contributed by atoms with Gasteiger partial charge in [0.05, 0.1) is 0 Å². The third kappa shape index (κ3) is 1.26. The lowest BCUT2D eigenvalue weighted by atomic mass is 9.66. The Morgan fingerprint density at radius 2 is 2.00 bits per heavy atom. The maximum atomic E-state index is 14.1. The standard InChI is InChI=1S/C14H18FN/c15-11-5-3-4-10-6-7-12(16)14(13(10)11)8-1-2-9-14/h3-5,12H,1-2,6-9,16H2. The zero-order valence-electron chi connectivity index (χ0n) is 9.51. The Morgan fingerprint density at radius 1 is 1.25 bits per heavy atom. The van der Waals surface area contributed by atoms with Gasteiger partial charge in [-0.25, -0.2) is 4.39 Å². The van der Waals surface area contributed by atoms with Gasteiger partial charge in [0.2, 0.25) is 0 Å². The highest BCUT2D eigenvalue weighted by atomic mass is 19.1. The fourth-order valence-electron chi connectivity index (χ4n) is 3.73. The molecule has 0 heterocycles. The molecule has 0 radical (unpaired) electrons. The monoisotopic (exact) mass is 219 g/mol. The number of hydrogen-bond acceptors (Lipinski definition) is 1. The predicted molar refractivity (Wildman–Crippen MR) is 62.8 cm³/mol. The van der Waals surface area contributed by atoms with E-state index in [-0.39, 0.29) is 17.3 Å². The molecule has 1 aromatic carbocycles. The van der Waals surface area contributed by atoms with Gasteiger partial charge in [0.1, 0.15) is 5.82 Å². The molecule has 16 heavy (non-hydrogen) atoms.